The van der Waals surface area contributed by atoms with Crippen molar-refractivity contribution in [2.45, 2.75) is 17.9 Å². The maximum absolute atomic E-state index is 13.0. The number of sulfone groups is 1. The summed E-state index contributed by atoms with van der Waals surface area (Å²) >= 11 is 0. The molecule has 0 fully saturated rings. The highest BCUT2D eigenvalue weighted by Gasteiger charge is 2.16. The van der Waals surface area contributed by atoms with Crippen LogP contribution in [0.25, 0.3) is 11.1 Å². The molecule has 3 N–H and O–H groups in total. The van der Waals surface area contributed by atoms with Crippen LogP contribution in [0.2, 0.25) is 0 Å². The summed E-state index contributed by atoms with van der Waals surface area (Å²) in [6, 6.07) is 13.6. The number of halogens is 2. The predicted molar refractivity (Wildman–Crippen MR) is 109 cm³/mol. The molecule has 1 heterocycles. The van der Waals surface area contributed by atoms with E-state index in [1.54, 1.807) is 24.3 Å². The van der Waals surface area contributed by atoms with Gasteiger partial charge in [0, 0.05) is 24.8 Å². The molecule has 3 aromatic rings. The highest BCUT2D eigenvalue weighted by Crippen LogP contribution is 2.26. The minimum absolute atomic E-state index is 0.0976. The van der Waals surface area contributed by atoms with Gasteiger partial charge in [-0.25, -0.2) is 18.3 Å². The average molecular weight is 434 g/mol. The summed E-state index contributed by atoms with van der Waals surface area (Å²) in [5.41, 5.74) is 6.83. The second-order valence-corrected chi connectivity index (χ2v) is 8.75. The molecule has 30 heavy (non-hydrogen) atoms. The number of hydrogen-bond donors (Lipinski definition) is 2. The van der Waals surface area contributed by atoms with E-state index in [0.717, 1.165) is 22.9 Å². The fraction of sp³-hybridized carbons (Fsp3) is 0.200. The Morgan fingerprint density at radius 1 is 1.13 bits per heavy atom. The highest BCUT2D eigenvalue weighted by atomic mass is 32.2. The number of rotatable bonds is 7. The van der Waals surface area contributed by atoms with Crippen molar-refractivity contribution in [3.05, 3.63) is 82.1 Å². The Morgan fingerprint density at radius 3 is 2.40 bits per heavy atom. The molecule has 0 aliphatic heterocycles. The van der Waals surface area contributed by atoms with Crippen LogP contribution in [-0.4, -0.2) is 36.0 Å². The van der Waals surface area contributed by atoms with Gasteiger partial charge in [-0.1, -0.05) is 36.4 Å². The van der Waals surface area contributed by atoms with Crippen molar-refractivity contribution in [3.8, 4) is 11.1 Å². The van der Waals surface area contributed by atoms with Crippen LogP contribution in [0.4, 0.5) is 8.78 Å². The molecule has 3 rings (SSSR count). The van der Waals surface area contributed by atoms with Crippen molar-refractivity contribution in [2.75, 3.05) is 12.8 Å². The number of H-pyrrole nitrogens is 1. The van der Waals surface area contributed by atoms with Gasteiger partial charge in [0.15, 0.2) is 9.84 Å². The number of aromatic nitrogens is 3. The van der Waals surface area contributed by atoms with Crippen LogP contribution < -0.4 is 11.4 Å². The molecule has 0 atom stereocenters. The summed E-state index contributed by atoms with van der Waals surface area (Å²) in [6.07, 6.45) is -0.999. The van der Waals surface area contributed by atoms with E-state index < -0.39 is 21.6 Å². The number of nitrogens with two attached hydrogens (primary N) is 1. The Kier molecular flexibility index (Phi) is 6.28. The molecule has 7 nitrogen and oxygen atoms in total. The maximum Gasteiger partial charge on any atom is 0.343 e. The number of nitrogens with one attached hydrogen (secondary N) is 1. The molecule has 0 aliphatic carbocycles. The van der Waals surface area contributed by atoms with Gasteiger partial charge < -0.3 is 5.73 Å². The molecule has 0 aliphatic rings. The van der Waals surface area contributed by atoms with Crippen LogP contribution in [0.5, 0.6) is 0 Å². The molecule has 158 valence electrons. The van der Waals surface area contributed by atoms with Gasteiger partial charge in [0.2, 0.25) is 0 Å². The first-order valence-electron chi connectivity index (χ1n) is 8.96. The second kappa shape index (κ2) is 8.72. The Labute approximate surface area is 171 Å². The van der Waals surface area contributed by atoms with Crippen LogP contribution in [0.1, 0.15) is 11.4 Å². The van der Waals surface area contributed by atoms with Gasteiger partial charge in [0.1, 0.15) is 5.82 Å². The average Bonchev–Trinajstić information content (AvgIpc) is 3.05. The smallest absolute Gasteiger partial charge is 0.327 e. The topological polar surface area (TPSA) is 111 Å². The molecule has 2 aromatic carbocycles. The third kappa shape index (κ3) is 4.71. The lowest BCUT2D eigenvalue weighted by molar-refractivity contribution is 0.407. The van der Waals surface area contributed by atoms with Crippen LogP contribution in [0, 0.1) is 0 Å². The lowest BCUT2D eigenvalue weighted by Gasteiger charge is -2.12. The van der Waals surface area contributed by atoms with Crippen LogP contribution in [0.15, 0.2) is 69.9 Å². The van der Waals surface area contributed by atoms with Gasteiger partial charge in [-0.05, 0) is 28.8 Å². The first-order chi connectivity index (χ1) is 14.2. The van der Waals surface area contributed by atoms with Crippen molar-refractivity contribution >= 4 is 9.84 Å². The molecule has 0 spiro atoms. The standard InChI is InChI=1S/C20H20F2N4O3S/c1-30(28,29)16-8-6-13(7-9-16)17-5-3-2-4-14(17)12-26-18(24-25-20(26)27)10-15(11-23)19(21)22/h2-9H,10-12,23H2,1H3,(H,25,27). The maximum atomic E-state index is 13.0. The zero-order valence-electron chi connectivity index (χ0n) is 16.1. The Balaban J connectivity index is 1.98. The Bertz CT molecular complexity index is 1240. The summed E-state index contributed by atoms with van der Waals surface area (Å²) < 4.78 is 50.6. The normalized spacial score (nSPS) is 11.5. The summed E-state index contributed by atoms with van der Waals surface area (Å²) in [5, 5.41) is 6.15. The van der Waals surface area contributed by atoms with Gasteiger partial charge in [0.05, 0.1) is 11.4 Å². The van der Waals surface area contributed by atoms with Gasteiger partial charge >= 0.3 is 5.69 Å². The molecule has 0 saturated heterocycles. The summed E-state index contributed by atoms with van der Waals surface area (Å²) in [6.45, 7) is -0.243. The summed E-state index contributed by atoms with van der Waals surface area (Å²) in [4.78, 5) is 12.4. The van der Waals surface area contributed by atoms with E-state index in [0.29, 0.717) is 0 Å². The molecule has 10 heteroatoms. The van der Waals surface area contributed by atoms with Crippen LogP contribution in [-0.2, 0) is 22.8 Å². The van der Waals surface area contributed by atoms with E-state index in [-0.39, 0.29) is 35.8 Å². The highest BCUT2D eigenvalue weighted by molar-refractivity contribution is 7.90. The minimum atomic E-state index is -3.32. The van der Waals surface area contributed by atoms with Crippen LogP contribution >= 0.6 is 0 Å². The first-order valence-corrected chi connectivity index (χ1v) is 10.9. The van der Waals surface area contributed by atoms with E-state index in [1.807, 2.05) is 12.1 Å². The second-order valence-electron chi connectivity index (χ2n) is 6.73. The molecule has 0 unspecified atom stereocenters. The SMILES string of the molecule is CS(=O)(=O)c1ccc(-c2ccccc2Cn2c(CC(CN)=C(F)F)n[nH]c2=O)cc1. The summed E-state index contributed by atoms with van der Waals surface area (Å²) in [5.74, 6) is 0.149. The first kappa shape index (κ1) is 21.6. The molecule has 0 saturated carbocycles. The quantitative estimate of drug-likeness (QED) is 0.593. The van der Waals surface area contributed by atoms with E-state index in [4.69, 9.17) is 5.73 Å². The largest absolute Gasteiger partial charge is 0.343 e. The van der Waals surface area contributed by atoms with Crippen molar-refractivity contribution in [1.82, 2.24) is 14.8 Å². The van der Waals surface area contributed by atoms with Gasteiger partial charge in [-0.15, -0.1) is 0 Å². The summed E-state index contributed by atoms with van der Waals surface area (Å²) in [7, 11) is -3.32. The Morgan fingerprint density at radius 2 is 1.80 bits per heavy atom. The van der Waals surface area contributed by atoms with E-state index in [1.165, 1.54) is 16.7 Å². The van der Waals surface area contributed by atoms with E-state index >= 15 is 0 Å². The van der Waals surface area contributed by atoms with E-state index in [2.05, 4.69) is 10.2 Å². The van der Waals surface area contributed by atoms with Crippen molar-refractivity contribution in [3.63, 3.8) is 0 Å². The van der Waals surface area contributed by atoms with Crippen molar-refractivity contribution < 1.29 is 17.2 Å². The molecule has 0 amide bonds. The minimum Gasteiger partial charge on any atom is -0.327 e. The fourth-order valence-corrected chi connectivity index (χ4v) is 3.68. The van der Waals surface area contributed by atoms with E-state index in [9.17, 15) is 22.0 Å². The zero-order chi connectivity index (χ0) is 21.9. The van der Waals surface area contributed by atoms with Crippen LogP contribution in [0.3, 0.4) is 0 Å². The molecule has 1 aromatic heterocycles. The monoisotopic (exact) mass is 434 g/mol. The molecule has 0 radical (unpaired) electrons. The third-order valence-electron chi connectivity index (χ3n) is 4.66. The van der Waals surface area contributed by atoms with Gasteiger partial charge in [-0.2, -0.15) is 13.9 Å². The van der Waals surface area contributed by atoms with Gasteiger partial charge in [0.25, 0.3) is 6.08 Å². The van der Waals surface area contributed by atoms with Crippen molar-refractivity contribution in [2.24, 2.45) is 5.73 Å². The number of aromatic amines is 1. The third-order valence-corrected chi connectivity index (χ3v) is 5.79. The number of benzene rings is 2. The zero-order valence-corrected chi connectivity index (χ0v) is 16.9. The lowest BCUT2D eigenvalue weighted by atomic mass is 9.99. The number of nitrogens with zero attached hydrogens (tertiary/aromatic N) is 2. The molecular weight excluding hydrogens is 414 g/mol. The fourth-order valence-electron chi connectivity index (χ4n) is 3.05. The molecule has 0 bridgehead atoms. The predicted octanol–water partition coefficient (Wildman–Crippen LogP) is 2.34. The lowest BCUT2D eigenvalue weighted by Crippen LogP contribution is -2.21. The Hall–Kier alpha value is -3.11. The van der Waals surface area contributed by atoms with Gasteiger partial charge in [-0.3, -0.25) is 4.57 Å². The van der Waals surface area contributed by atoms with Crippen molar-refractivity contribution in [1.29, 1.82) is 0 Å². The number of hydrogen-bond acceptors (Lipinski definition) is 5. The molecular formula is C20H20F2N4O3S.